The smallest absolute Gasteiger partial charge is 0.230 e. The molecule has 0 radical (unpaired) electrons. The average Bonchev–Trinajstić information content (AvgIpc) is 3.23. The Hall–Kier alpha value is -4.88. The summed E-state index contributed by atoms with van der Waals surface area (Å²) < 4.78 is 51.7. The predicted molar refractivity (Wildman–Crippen MR) is 221 cm³/mol. The van der Waals surface area contributed by atoms with E-state index in [2.05, 4.69) is 24.3 Å². The topological polar surface area (TPSA) is 155 Å². The van der Waals surface area contributed by atoms with Crippen molar-refractivity contribution in [3.63, 3.8) is 0 Å². The molecular weight excluding hydrogens is 769 g/mol. The molecule has 0 unspecified atom stereocenters. The Bertz CT molecular complexity index is 1740. The lowest BCUT2D eigenvalue weighted by atomic mass is 9.76. The van der Waals surface area contributed by atoms with Crippen LogP contribution >= 0.6 is 0 Å². The van der Waals surface area contributed by atoms with Crippen LogP contribution in [-0.4, -0.2) is 74.0 Å². The van der Waals surface area contributed by atoms with E-state index < -0.39 is 0 Å². The minimum Gasteiger partial charge on any atom is -0.457 e. The van der Waals surface area contributed by atoms with Crippen molar-refractivity contribution >= 4 is 0 Å². The van der Waals surface area contributed by atoms with E-state index in [1.807, 2.05) is 24.3 Å². The van der Waals surface area contributed by atoms with E-state index in [-0.39, 0.29) is 77.3 Å². The third-order valence-electron chi connectivity index (χ3n) is 12.9. The van der Waals surface area contributed by atoms with Crippen molar-refractivity contribution in [3.05, 3.63) is 93.0 Å². The van der Waals surface area contributed by atoms with Crippen LogP contribution in [0, 0.1) is 0 Å². The van der Waals surface area contributed by atoms with Gasteiger partial charge in [-0.3, -0.25) is 0 Å². The van der Waals surface area contributed by atoms with E-state index in [1.165, 1.54) is 0 Å². The van der Waals surface area contributed by atoms with Gasteiger partial charge >= 0.3 is 0 Å². The number of rotatable bonds is 16. The molecule has 0 amide bonds. The molecule has 60 heavy (non-hydrogen) atoms. The van der Waals surface area contributed by atoms with Crippen LogP contribution in [0.3, 0.4) is 0 Å². The quantitative estimate of drug-likeness (QED) is 0.0808. The molecule has 12 nitrogen and oxygen atoms in total. The second-order valence-electron chi connectivity index (χ2n) is 16.4. The highest BCUT2D eigenvalue weighted by atomic mass is 16.7. The minimum absolute atomic E-state index is 0.0323. The maximum atomic E-state index is 9.98. The van der Waals surface area contributed by atoms with Crippen molar-refractivity contribution < 1.29 is 58.3 Å². The van der Waals surface area contributed by atoms with Gasteiger partial charge in [0.2, 0.25) is 27.2 Å². The first-order valence-electron chi connectivity index (χ1n) is 21.8. The lowest BCUT2D eigenvalue weighted by Crippen LogP contribution is -2.22. The Labute approximate surface area is 350 Å². The number of aliphatic hydroxyl groups is 4. The first-order chi connectivity index (χ1) is 29.6. The number of ether oxygens (including phenoxy) is 8. The zero-order valence-corrected chi connectivity index (χ0v) is 34.1. The van der Waals surface area contributed by atoms with Gasteiger partial charge in [0, 0.05) is 119 Å². The zero-order valence-electron chi connectivity index (χ0n) is 34.1. The molecule has 9 rings (SSSR count). The highest BCUT2D eigenvalue weighted by molar-refractivity contribution is 5.64. The van der Waals surface area contributed by atoms with Crippen LogP contribution in [0.1, 0.15) is 145 Å². The molecule has 0 atom stereocenters. The van der Waals surface area contributed by atoms with Crippen molar-refractivity contribution in [2.24, 2.45) is 0 Å². The monoisotopic (exact) mass is 824 g/mol. The fraction of sp³-hybridized carbons (Fsp3) is 0.500. The zero-order chi connectivity index (χ0) is 41.0. The van der Waals surface area contributed by atoms with Crippen LogP contribution in [0.4, 0.5) is 0 Å². The number of benzene rings is 4. The molecule has 12 heteroatoms. The highest BCUT2D eigenvalue weighted by Gasteiger charge is 2.37. The van der Waals surface area contributed by atoms with Crippen LogP contribution in [0.15, 0.2) is 48.5 Å². The molecule has 4 aromatic rings. The molecule has 0 fully saturated rings. The van der Waals surface area contributed by atoms with Gasteiger partial charge in [-0.2, -0.15) is 0 Å². The molecule has 4 aromatic carbocycles. The predicted octanol–water partition coefficient (Wildman–Crippen LogP) is 8.09. The summed E-state index contributed by atoms with van der Waals surface area (Å²) in [6.07, 6.45) is 8.55. The molecule has 320 valence electrons. The summed E-state index contributed by atoms with van der Waals surface area (Å²) in [5.74, 6) is 4.61. The summed E-state index contributed by atoms with van der Waals surface area (Å²) >= 11 is 0. The van der Waals surface area contributed by atoms with Crippen LogP contribution in [0.5, 0.6) is 46.0 Å². The number of hydrogen-bond donors (Lipinski definition) is 4. The van der Waals surface area contributed by atoms with E-state index in [9.17, 15) is 20.4 Å². The Morgan fingerprint density at radius 1 is 0.283 bits per heavy atom. The Balaban J connectivity index is 1.37. The van der Waals surface area contributed by atoms with Gasteiger partial charge in [0.15, 0.2) is 0 Å². The van der Waals surface area contributed by atoms with Crippen molar-refractivity contribution in [2.75, 3.05) is 53.6 Å². The van der Waals surface area contributed by atoms with Crippen molar-refractivity contribution in [2.45, 2.75) is 101 Å². The van der Waals surface area contributed by atoms with Gasteiger partial charge in [-0.25, -0.2) is 0 Å². The average molecular weight is 825 g/mol. The number of unbranched alkanes of at least 4 members (excludes halogenated alkanes) is 4. The van der Waals surface area contributed by atoms with Crippen LogP contribution in [-0.2, 0) is 0 Å². The fourth-order valence-corrected chi connectivity index (χ4v) is 9.94. The van der Waals surface area contributed by atoms with Gasteiger partial charge in [0.1, 0.15) is 46.0 Å². The van der Waals surface area contributed by atoms with E-state index in [0.717, 1.165) is 95.9 Å². The SMILES string of the molecule is OCCCCC1c2cc3c4cc2OCOc2cc5c(cc21)C(CCCCO)c1cc2c(cc1OCO5)OCOc1cc(c(cc1C2CCCCO)C3CCCCO)OCO4. The first kappa shape index (κ1) is 40.5. The first-order valence-corrected chi connectivity index (χ1v) is 21.8. The maximum absolute atomic E-state index is 9.98. The summed E-state index contributed by atoms with van der Waals surface area (Å²) in [5, 5.41) is 39.9. The Morgan fingerprint density at radius 3 is 0.633 bits per heavy atom. The lowest BCUT2D eigenvalue weighted by Gasteiger charge is -2.35. The van der Waals surface area contributed by atoms with Crippen molar-refractivity contribution in [3.8, 4) is 46.0 Å². The summed E-state index contributed by atoms with van der Waals surface area (Å²) in [6, 6.07) is 17.0. The molecule has 0 saturated carbocycles. The Morgan fingerprint density at radius 2 is 0.467 bits per heavy atom. The largest absolute Gasteiger partial charge is 0.457 e. The second kappa shape index (κ2) is 18.4. The van der Waals surface area contributed by atoms with E-state index in [4.69, 9.17) is 37.9 Å². The van der Waals surface area contributed by atoms with Gasteiger partial charge in [-0.15, -0.1) is 0 Å². The molecule has 1 aliphatic carbocycles. The normalized spacial score (nSPS) is 20.2. The maximum Gasteiger partial charge on any atom is 0.230 e. The molecule has 5 aliphatic rings. The minimum atomic E-state index is -0.178. The molecule has 8 bridgehead atoms. The van der Waals surface area contributed by atoms with Crippen molar-refractivity contribution in [1.29, 1.82) is 0 Å². The van der Waals surface area contributed by atoms with Gasteiger partial charge in [-0.05, 0) is 75.6 Å². The van der Waals surface area contributed by atoms with Gasteiger partial charge in [0.05, 0.1) is 0 Å². The lowest BCUT2D eigenvalue weighted by molar-refractivity contribution is 0.0985. The third-order valence-corrected chi connectivity index (χ3v) is 12.9. The van der Waals surface area contributed by atoms with E-state index in [1.54, 1.807) is 0 Å². The molecule has 0 spiro atoms. The van der Waals surface area contributed by atoms with Crippen LogP contribution in [0.25, 0.3) is 0 Å². The van der Waals surface area contributed by atoms with Gasteiger partial charge < -0.3 is 58.3 Å². The summed E-state index contributed by atoms with van der Waals surface area (Å²) in [6.45, 7) is 0.228. The molecular formula is C48H56O12. The third kappa shape index (κ3) is 7.90. The van der Waals surface area contributed by atoms with Crippen molar-refractivity contribution in [1.82, 2.24) is 0 Å². The van der Waals surface area contributed by atoms with E-state index in [0.29, 0.717) is 71.7 Å². The standard InChI is InChI=1S/C48H56O12/c49-13-5-1-9-29-33-17-35-30(10-2-6-14-50)37-19-39-32(12-4-8-16-52)40-20-38-31(11-3-7-15-51)36-18-34(29)42-22-44(36)56-27-58-46(38)24-48(40)60-28-59-47(39)23-45(37)57-26-55-43(35)21-41(33)53-25-54-42/h17-24,29-32,49-52H,1-16,25-28H2. The second-order valence-corrected chi connectivity index (χ2v) is 16.4. The van der Waals surface area contributed by atoms with Gasteiger partial charge in [0.25, 0.3) is 0 Å². The van der Waals surface area contributed by atoms with Gasteiger partial charge in [-0.1, -0.05) is 25.7 Å². The highest BCUT2D eigenvalue weighted by Crippen LogP contribution is 2.55. The van der Waals surface area contributed by atoms with Crippen LogP contribution in [0.2, 0.25) is 0 Å². The van der Waals surface area contributed by atoms with Crippen LogP contribution < -0.4 is 37.9 Å². The van der Waals surface area contributed by atoms with E-state index >= 15 is 0 Å². The molecule has 4 aliphatic heterocycles. The molecule has 0 saturated heterocycles. The number of aliphatic hydroxyl groups excluding tert-OH is 4. The number of hydrogen-bond acceptors (Lipinski definition) is 12. The summed E-state index contributed by atoms with van der Waals surface area (Å²) in [7, 11) is 0. The summed E-state index contributed by atoms with van der Waals surface area (Å²) in [4.78, 5) is 0. The molecule has 4 N–H and O–H groups in total. The molecule has 0 aromatic heterocycles. The Kier molecular flexibility index (Phi) is 12.4. The fourth-order valence-electron chi connectivity index (χ4n) is 9.94. The summed E-state index contributed by atoms with van der Waals surface area (Å²) in [5.41, 5.74) is 8.07. The molecule has 4 heterocycles.